The average molecular weight is 437 g/mol. The Kier molecular flexibility index (Phi) is 5.79. The van der Waals surface area contributed by atoms with Gasteiger partial charge in [0.05, 0.1) is 10.8 Å². The second-order valence-corrected chi connectivity index (χ2v) is 9.24. The molecular weight excluding hydrogens is 416 g/mol. The highest BCUT2D eigenvalue weighted by Crippen LogP contribution is 2.26. The third kappa shape index (κ3) is 4.00. The molecule has 3 rings (SSSR count). The van der Waals surface area contributed by atoms with Crippen molar-refractivity contribution in [3.63, 3.8) is 0 Å². The van der Waals surface area contributed by atoms with E-state index in [0.717, 1.165) is 10.2 Å². The van der Waals surface area contributed by atoms with Crippen LogP contribution in [0.4, 0.5) is 5.69 Å². The number of hydrogen-bond donors (Lipinski definition) is 0. The van der Waals surface area contributed by atoms with Crippen molar-refractivity contribution in [1.29, 1.82) is 0 Å². The molecule has 0 N–H and O–H groups in total. The van der Waals surface area contributed by atoms with Crippen molar-refractivity contribution in [2.24, 2.45) is 5.92 Å². The van der Waals surface area contributed by atoms with Crippen LogP contribution in [0.5, 0.6) is 0 Å². The predicted octanol–water partition coefficient (Wildman–Crippen LogP) is 3.51. The maximum Gasteiger partial charge on any atom is 0.243 e. The highest BCUT2D eigenvalue weighted by molar-refractivity contribution is 9.10. The zero-order valence-electron chi connectivity index (χ0n) is 14.5. The Morgan fingerprint density at radius 3 is 2.42 bits per heavy atom. The maximum atomic E-state index is 12.9. The van der Waals surface area contributed by atoms with Crippen LogP contribution in [0.1, 0.15) is 12.8 Å². The zero-order chi connectivity index (χ0) is 18.7. The Morgan fingerprint density at radius 2 is 1.77 bits per heavy atom. The molecule has 5 nitrogen and oxygen atoms in total. The van der Waals surface area contributed by atoms with Gasteiger partial charge in [0.15, 0.2) is 0 Å². The fraction of sp³-hybridized carbons (Fsp3) is 0.316. The quantitative estimate of drug-likeness (QED) is 0.736. The summed E-state index contributed by atoms with van der Waals surface area (Å²) in [4.78, 5) is 14.7. The lowest BCUT2D eigenvalue weighted by molar-refractivity contribution is -0.123. The molecule has 0 aliphatic carbocycles. The Morgan fingerprint density at radius 1 is 1.12 bits per heavy atom. The SMILES string of the molecule is CN(C(=O)C1CCCN(S(=O)(=O)c2ccc(Br)cc2)C1)c1ccccc1. The number of anilines is 1. The highest BCUT2D eigenvalue weighted by atomic mass is 79.9. The lowest BCUT2D eigenvalue weighted by atomic mass is 9.98. The van der Waals surface area contributed by atoms with E-state index in [1.165, 1.54) is 4.31 Å². The Labute approximate surface area is 162 Å². The molecule has 0 saturated carbocycles. The van der Waals surface area contributed by atoms with Crippen molar-refractivity contribution in [2.45, 2.75) is 17.7 Å². The molecule has 1 saturated heterocycles. The average Bonchev–Trinajstić information content (AvgIpc) is 2.68. The van der Waals surface area contributed by atoms with Crippen molar-refractivity contribution in [1.82, 2.24) is 4.31 Å². The molecule has 2 aromatic carbocycles. The van der Waals surface area contributed by atoms with Gasteiger partial charge in [-0.25, -0.2) is 8.42 Å². The van der Waals surface area contributed by atoms with Crippen LogP contribution in [0, 0.1) is 5.92 Å². The topological polar surface area (TPSA) is 57.7 Å². The van der Waals surface area contributed by atoms with Crippen molar-refractivity contribution < 1.29 is 13.2 Å². The summed E-state index contributed by atoms with van der Waals surface area (Å²) in [5.74, 6) is -0.383. The maximum absolute atomic E-state index is 12.9. The first-order chi connectivity index (χ1) is 12.4. The molecule has 1 fully saturated rings. The minimum atomic E-state index is -3.59. The van der Waals surface area contributed by atoms with Crippen molar-refractivity contribution in [3.05, 3.63) is 59.1 Å². The number of para-hydroxylation sites is 1. The summed E-state index contributed by atoms with van der Waals surface area (Å²) in [6.45, 7) is 0.658. The summed E-state index contributed by atoms with van der Waals surface area (Å²) in [6.07, 6.45) is 1.37. The normalized spacial score (nSPS) is 18.5. The molecule has 0 radical (unpaired) electrons. The number of carbonyl (C=O) groups is 1. The van der Waals surface area contributed by atoms with E-state index in [1.807, 2.05) is 30.3 Å². The molecule has 1 atom stereocenters. The Balaban J connectivity index is 1.76. The lowest BCUT2D eigenvalue weighted by Crippen LogP contribution is -2.45. The first-order valence-corrected chi connectivity index (χ1v) is 10.7. The smallest absolute Gasteiger partial charge is 0.243 e. The van der Waals surface area contributed by atoms with Gasteiger partial charge in [0.25, 0.3) is 0 Å². The summed E-state index contributed by atoms with van der Waals surface area (Å²) >= 11 is 3.32. The van der Waals surface area contributed by atoms with Crippen LogP contribution in [-0.4, -0.2) is 38.8 Å². The Bertz CT molecular complexity index is 869. The standard InChI is InChI=1S/C19H21BrN2O3S/c1-21(17-7-3-2-4-8-17)19(23)15-6-5-13-22(14-15)26(24,25)18-11-9-16(20)10-12-18/h2-4,7-12,15H,5-6,13-14H2,1H3. The van der Waals surface area contributed by atoms with E-state index in [0.29, 0.717) is 19.4 Å². The number of carbonyl (C=O) groups excluding carboxylic acids is 1. The van der Waals surface area contributed by atoms with Gasteiger partial charge < -0.3 is 4.90 Å². The zero-order valence-corrected chi connectivity index (χ0v) is 16.9. The van der Waals surface area contributed by atoms with Crippen LogP contribution >= 0.6 is 15.9 Å². The number of benzene rings is 2. The van der Waals surface area contributed by atoms with Gasteiger partial charge in [0.1, 0.15) is 0 Å². The van der Waals surface area contributed by atoms with Crippen LogP contribution in [0.2, 0.25) is 0 Å². The number of sulfonamides is 1. The van der Waals surface area contributed by atoms with Crippen LogP contribution in [0.3, 0.4) is 0 Å². The summed E-state index contributed by atoms with van der Waals surface area (Å²) in [5.41, 5.74) is 0.811. The minimum Gasteiger partial charge on any atom is -0.315 e. The molecule has 1 heterocycles. The second-order valence-electron chi connectivity index (χ2n) is 6.39. The summed E-state index contributed by atoms with van der Waals surface area (Å²) < 4.78 is 28.0. The van der Waals surface area contributed by atoms with E-state index in [1.54, 1.807) is 36.2 Å². The van der Waals surface area contributed by atoms with Gasteiger partial charge in [0.2, 0.25) is 15.9 Å². The van der Waals surface area contributed by atoms with Crippen LogP contribution in [0.15, 0.2) is 64.0 Å². The first kappa shape index (κ1) is 19.1. The molecule has 1 unspecified atom stereocenters. The van der Waals surface area contributed by atoms with Crippen molar-refractivity contribution in [2.75, 3.05) is 25.0 Å². The third-order valence-corrected chi connectivity index (χ3v) is 7.07. The number of nitrogens with zero attached hydrogens (tertiary/aromatic N) is 2. The monoisotopic (exact) mass is 436 g/mol. The van der Waals surface area contributed by atoms with Gasteiger partial charge >= 0.3 is 0 Å². The summed E-state index contributed by atoms with van der Waals surface area (Å²) in [7, 11) is -1.86. The molecule has 0 spiro atoms. The molecule has 138 valence electrons. The van der Waals surface area contributed by atoms with Crippen molar-refractivity contribution >= 4 is 37.5 Å². The molecule has 0 aromatic heterocycles. The van der Waals surface area contributed by atoms with Gasteiger partial charge in [0, 0.05) is 30.3 Å². The van der Waals surface area contributed by atoms with E-state index in [4.69, 9.17) is 0 Å². The number of rotatable bonds is 4. The third-order valence-electron chi connectivity index (χ3n) is 4.66. The number of piperidine rings is 1. The lowest BCUT2D eigenvalue weighted by Gasteiger charge is -2.33. The van der Waals surface area contributed by atoms with E-state index >= 15 is 0 Å². The van der Waals surface area contributed by atoms with E-state index in [9.17, 15) is 13.2 Å². The van der Waals surface area contributed by atoms with Gasteiger partial charge in [-0.2, -0.15) is 4.31 Å². The summed E-state index contributed by atoms with van der Waals surface area (Å²) in [5, 5.41) is 0. The van der Waals surface area contributed by atoms with Gasteiger partial charge in [-0.05, 0) is 49.2 Å². The predicted molar refractivity (Wildman–Crippen MR) is 105 cm³/mol. The van der Waals surface area contributed by atoms with E-state index in [-0.39, 0.29) is 23.3 Å². The summed E-state index contributed by atoms with van der Waals surface area (Å²) in [6, 6.07) is 16.0. The van der Waals surface area contributed by atoms with Gasteiger partial charge in [-0.3, -0.25) is 4.79 Å². The fourth-order valence-corrected chi connectivity index (χ4v) is 4.96. The van der Waals surface area contributed by atoms with Gasteiger partial charge in [-0.1, -0.05) is 34.1 Å². The number of amides is 1. The number of halogens is 1. The van der Waals surface area contributed by atoms with Crippen molar-refractivity contribution in [3.8, 4) is 0 Å². The molecule has 2 aromatic rings. The van der Waals surface area contributed by atoms with Gasteiger partial charge in [-0.15, -0.1) is 0 Å². The molecule has 1 amide bonds. The second kappa shape index (κ2) is 7.90. The van der Waals surface area contributed by atoms with Crippen LogP contribution in [0.25, 0.3) is 0 Å². The van der Waals surface area contributed by atoms with Crippen LogP contribution in [-0.2, 0) is 14.8 Å². The van der Waals surface area contributed by atoms with Crippen LogP contribution < -0.4 is 4.90 Å². The number of hydrogen-bond acceptors (Lipinski definition) is 3. The molecule has 1 aliphatic rings. The highest BCUT2D eigenvalue weighted by Gasteiger charge is 2.34. The molecule has 7 heteroatoms. The Hall–Kier alpha value is -1.70. The van der Waals surface area contributed by atoms with E-state index < -0.39 is 10.0 Å². The molecule has 0 bridgehead atoms. The molecule has 26 heavy (non-hydrogen) atoms. The largest absolute Gasteiger partial charge is 0.315 e. The molecular formula is C19H21BrN2O3S. The fourth-order valence-electron chi connectivity index (χ4n) is 3.17. The minimum absolute atomic E-state index is 0.0492. The first-order valence-electron chi connectivity index (χ1n) is 8.48. The molecule has 1 aliphatic heterocycles. The van der Waals surface area contributed by atoms with E-state index in [2.05, 4.69) is 15.9 Å².